The predicted octanol–water partition coefficient (Wildman–Crippen LogP) is 2.49. The molecule has 2 fully saturated rings. The molecule has 1 aromatic heterocycles. The molecule has 2 bridgehead atoms. The van der Waals surface area contributed by atoms with E-state index in [9.17, 15) is 0 Å². The number of benzene rings is 1. The molecule has 3 nitrogen and oxygen atoms in total. The Hall–Kier alpha value is -0.970. The Morgan fingerprint density at radius 3 is 3.00 bits per heavy atom. The van der Waals surface area contributed by atoms with Crippen LogP contribution in [0.2, 0.25) is 0 Å². The summed E-state index contributed by atoms with van der Waals surface area (Å²) in [6.07, 6.45) is 4.79. The van der Waals surface area contributed by atoms with Crippen molar-refractivity contribution in [3.05, 3.63) is 29.3 Å². The minimum Gasteiger partial charge on any atom is -0.373 e. The highest BCUT2D eigenvalue weighted by Gasteiger charge is 2.50. The van der Waals surface area contributed by atoms with Gasteiger partial charge in [0.1, 0.15) is 0 Å². The molecule has 0 saturated carbocycles. The molecule has 0 spiro atoms. The highest BCUT2D eigenvalue weighted by Crippen LogP contribution is 2.42. The van der Waals surface area contributed by atoms with Crippen molar-refractivity contribution < 1.29 is 4.74 Å². The van der Waals surface area contributed by atoms with Crippen LogP contribution in [0.25, 0.3) is 10.2 Å². The van der Waals surface area contributed by atoms with E-state index in [0.29, 0.717) is 6.10 Å². The van der Waals surface area contributed by atoms with E-state index in [1.807, 2.05) is 6.07 Å². The van der Waals surface area contributed by atoms with Crippen molar-refractivity contribution in [2.75, 3.05) is 0 Å². The molecule has 2 aliphatic heterocycles. The summed E-state index contributed by atoms with van der Waals surface area (Å²) in [5, 5.41) is 1.15. The summed E-state index contributed by atoms with van der Waals surface area (Å²) in [5.41, 5.74) is 7.44. The van der Waals surface area contributed by atoms with E-state index in [2.05, 4.69) is 23.2 Å². The van der Waals surface area contributed by atoms with Crippen LogP contribution in [0.1, 0.15) is 24.3 Å². The Morgan fingerprint density at radius 2 is 2.28 bits per heavy atom. The zero-order chi connectivity index (χ0) is 12.2. The molecule has 4 rings (SSSR count). The van der Waals surface area contributed by atoms with Gasteiger partial charge in [-0.3, -0.25) is 0 Å². The number of hydrogen-bond acceptors (Lipinski definition) is 4. The van der Waals surface area contributed by atoms with E-state index in [4.69, 9.17) is 10.5 Å². The monoisotopic (exact) mass is 260 g/mol. The zero-order valence-corrected chi connectivity index (χ0v) is 11.0. The lowest BCUT2D eigenvalue weighted by Gasteiger charge is -2.30. The lowest BCUT2D eigenvalue weighted by atomic mass is 9.80. The van der Waals surface area contributed by atoms with Gasteiger partial charge in [-0.1, -0.05) is 12.1 Å². The van der Waals surface area contributed by atoms with Crippen molar-refractivity contribution >= 4 is 21.6 Å². The largest absolute Gasteiger partial charge is 0.373 e. The third kappa shape index (κ3) is 1.60. The molecule has 1 aromatic carbocycles. The van der Waals surface area contributed by atoms with Gasteiger partial charge in [0.25, 0.3) is 0 Å². The number of para-hydroxylation sites is 1. The lowest BCUT2D eigenvalue weighted by Crippen LogP contribution is -2.50. The first-order valence-electron chi connectivity index (χ1n) is 6.52. The number of fused-ring (bicyclic) bond motifs is 3. The zero-order valence-electron chi connectivity index (χ0n) is 10.1. The average Bonchev–Trinajstić information content (AvgIpc) is 3.00. The third-order valence-electron chi connectivity index (χ3n) is 4.18. The minimum atomic E-state index is -0.184. The van der Waals surface area contributed by atoms with Crippen LogP contribution in [-0.4, -0.2) is 22.7 Å². The Morgan fingerprint density at radius 1 is 1.39 bits per heavy atom. The van der Waals surface area contributed by atoms with Gasteiger partial charge in [0.2, 0.25) is 0 Å². The number of nitrogens with two attached hydrogens (primary N) is 1. The van der Waals surface area contributed by atoms with Gasteiger partial charge in [0.05, 0.1) is 33.0 Å². The van der Waals surface area contributed by atoms with Gasteiger partial charge in [-0.2, -0.15) is 0 Å². The lowest BCUT2D eigenvalue weighted by molar-refractivity contribution is 0.0856. The van der Waals surface area contributed by atoms with Crippen LogP contribution in [0, 0.1) is 0 Å². The fraction of sp³-hybridized carbons (Fsp3) is 0.500. The molecule has 3 unspecified atom stereocenters. The summed E-state index contributed by atoms with van der Waals surface area (Å²) in [6, 6.07) is 8.28. The fourth-order valence-electron chi connectivity index (χ4n) is 3.30. The van der Waals surface area contributed by atoms with Crippen molar-refractivity contribution in [1.29, 1.82) is 0 Å². The maximum atomic E-state index is 6.54. The fourth-order valence-corrected chi connectivity index (χ4v) is 4.40. The van der Waals surface area contributed by atoms with Crippen molar-refractivity contribution in [2.45, 2.75) is 43.4 Å². The molecule has 0 aliphatic carbocycles. The van der Waals surface area contributed by atoms with E-state index < -0.39 is 0 Å². The van der Waals surface area contributed by atoms with Crippen LogP contribution >= 0.6 is 11.3 Å². The molecular weight excluding hydrogens is 244 g/mol. The summed E-state index contributed by atoms with van der Waals surface area (Å²) in [5.74, 6) is 0. The second-order valence-corrected chi connectivity index (χ2v) is 6.63. The summed E-state index contributed by atoms with van der Waals surface area (Å²) in [4.78, 5) is 4.69. The van der Waals surface area contributed by atoms with E-state index in [-0.39, 0.29) is 11.6 Å². The molecule has 0 amide bonds. The maximum absolute atomic E-state index is 6.54. The van der Waals surface area contributed by atoms with E-state index in [1.165, 1.54) is 11.1 Å². The van der Waals surface area contributed by atoms with Crippen LogP contribution in [0.3, 0.4) is 0 Å². The minimum absolute atomic E-state index is 0.184. The van der Waals surface area contributed by atoms with Crippen molar-refractivity contribution in [3.8, 4) is 0 Å². The Balaban J connectivity index is 1.64. The summed E-state index contributed by atoms with van der Waals surface area (Å²) >= 11 is 1.76. The highest BCUT2D eigenvalue weighted by molar-refractivity contribution is 7.18. The second kappa shape index (κ2) is 3.76. The van der Waals surface area contributed by atoms with Crippen LogP contribution in [0.4, 0.5) is 0 Å². The first kappa shape index (κ1) is 10.9. The summed E-state index contributed by atoms with van der Waals surface area (Å²) in [6.45, 7) is 0. The van der Waals surface area contributed by atoms with Crippen LogP contribution in [0.5, 0.6) is 0 Å². The predicted molar refractivity (Wildman–Crippen MR) is 72.8 cm³/mol. The first-order valence-corrected chi connectivity index (χ1v) is 7.33. The second-order valence-electron chi connectivity index (χ2n) is 5.51. The molecule has 94 valence electrons. The van der Waals surface area contributed by atoms with Crippen LogP contribution in [0.15, 0.2) is 24.3 Å². The van der Waals surface area contributed by atoms with E-state index in [0.717, 1.165) is 29.8 Å². The molecule has 18 heavy (non-hydrogen) atoms. The van der Waals surface area contributed by atoms with Crippen molar-refractivity contribution in [2.24, 2.45) is 5.73 Å². The summed E-state index contributed by atoms with van der Waals surface area (Å²) < 4.78 is 7.14. The van der Waals surface area contributed by atoms with Crippen molar-refractivity contribution in [3.63, 3.8) is 0 Å². The normalized spacial score (nSPS) is 34.5. The molecule has 0 radical (unpaired) electrons. The molecule has 2 N–H and O–H groups in total. The first-order chi connectivity index (χ1) is 8.73. The number of rotatable bonds is 2. The molecular formula is C14H16N2OS. The SMILES string of the molecule is NC1(Cc2nc3ccccc3s2)CC2CCC1O2. The topological polar surface area (TPSA) is 48.1 Å². The van der Waals surface area contributed by atoms with E-state index >= 15 is 0 Å². The van der Waals surface area contributed by atoms with E-state index in [1.54, 1.807) is 11.3 Å². The quantitative estimate of drug-likeness (QED) is 0.902. The molecule has 2 saturated heterocycles. The smallest absolute Gasteiger partial charge is 0.0957 e. The van der Waals surface area contributed by atoms with Gasteiger partial charge in [0.15, 0.2) is 0 Å². The molecule has 3 atom stereocenters. The molecule has 4 heteroatoms. The van der Waals surface area contributed by atoms with Gasteiger partial charge < -0.3 is 10.5 Å². The van der Waals surface area contributed by atoms with Gasteiger partial charge in [-0.05, 0) is 31.4 Å². The molecule has 2 aromatic rings. The van der Waals surface area contributed by atoms with Gasteiger partial charge in [-0.15, -0.1) is 11.3 Å². The number of nitrogens with zero attached hydrogens (tertiary/aromatic N) is 1. The summed E-state index contributed by atoms with van der Waals surface area (Å²) in [7, 11) is 0. The highest BCUT2D eigenvalue weighted by atomic mass is 32.1. The number of aromatic nitrogens is 1. The van der Waals surface area contributed by atoms with Crippen LogP contribution in [-0.2, 0) is 11.2 Å². The van der Waals surface area contributed by atoms with Gasteiger partial charge in [-0.25, -0.2) is 4.98 Å². The standard InChI is InChI=1S/C14H16N2OS/c15-14(7-9-5-6-12(14)17-9)8-13-16-10-3-1-2-4-11(10)18-13/h1-4,9,12H,5-8,15H2. The molecule has 3 heterocycles. The Kier molecular flexibility index (Phi) is 2.28. The van der Waals surface area contributed by atoms with Crippen LogP contribution < -0.4 is 5.73 Å². The molecule has 2 aliphatic rings. The Bertz CT molecular complexity index is 563. The number of hydrogen-bond donors (Lipinski definition) is 1. The van der Waals surface area contributed by atoms with Gasteiger partial charge >= 0.3 is 0 Å². The van der Waals surface area contributed by atoms with Crippen molar-refractivity contribution in [1.82, 2.24) is 4.98 Å². The Labute approximate surface area is 110 Å². The number of thiazole rings is 1. The van der Waals surface area contributed by atoms with Gasteiger partial charge in [0, 0.05) is 6.42 Å². The third-order valence-corrected chi connectivity index (χ3v) is 5.21. The average molecular weight is 260 g/mol. The maximum Gasteiger partial charge on any atom is 0.0957 e. The number of ether oxygens (including phenoxy) is 1.